The molecule has 1 heterocycles. The molecule has 0 unspecified atom stereocenters. The highest BCUT2D eigenvalue weighted by atomic mass is 79.9. The third kappa shape index (κ3) is 1.88. The zero-order valence-electron chi connectivity index (χ0n) is 9.74. The van der Waals surface area contributed by atoms with Gasteiger partial charge in [-0.15, -0.1) is 0 Å². The zero-order chi connectivity index (χ0) is 13.3. The van der Waals surface area contributed by atoms with E-state index in [-0.39, 0.29) is 5.56 Å². The van der Waals surface area contributed by atoms with E-state index in [0.29, 0.717) is 21.1 Å². The number of benzene rings is 1. The van der Waals surface area contributed by atoms with Crippen molar-refractivity contribution in [3.05, 3.63) is 38.6 Å². The van der Waals surface area contributed by atoms with Gasteiger partial charge < -0.3 is 14.5 Å². The maximum absolute atomic E-state index is 12.2. The van der Waals surface area contributed by atoms with Crippen molar-refractivity contribution >= 4 is 32.8 Å². The van der Waals surface area contributed by atoms with E-state index in [9.17, 15) is 9.59 Å². The van der Waals surface area contributed by atoms with Gasteiger partial charge in [-0.1, -0.05) is 0 Å². The molecule has 1 aromatic carbocycles. The molecule has 1 N–H and O–H groups in total. The summed E-state index contributed by atoms with van der Waals surface area (Å²) in [6.45, 7) is 0. The number of hydrogen-bond acceptors (Lipinski definition) is 4. The second-order valence-corrected chi connectivity index (χ2v) is 4.38. The Morgan fingerprint density at radius 1 is 1.33 bits per heavy atom. The lowest BCUT2D eigenvalue weighted by atomic mass is 10.1. The summed E-state index contributed by atoms with van der Waals surface area (Å²) in [6, 6.07) is 3.41. The van der Waals surface area contributed by atoms with E-state index < -0.39 is 11.4 Å². The first-order chi connectivity index (χ1) is 8.60. The lowest BCUT2D eigenvalue weighted by Crippen LogP contribution is -2.17. The first-order valence-electron chi connectivity index (χ1n) is 5.06. The molecule has 1 aromatic heterocycles. The van der Waals surface area contributed by atoms with Crippen molar-refractivity contribution in [1.29, 1.82) is 0 Å². The number of halogens is 1. The van der Waals surface area contributed by atoms with Crippen molar-refractivity contribution in [3.63, 3.8) is 0 Å². The van der Waals surface area contributed by atoms with Gasteiger partial charge in [-0.2, -0.15) is 0 Å². The van der Waals surface area contributed by atoms with Crippen LogP contribution in [0.5, 0.6) is 5.75 Å². The van der Waals surface area contributed by atoms with E-state index in [1.807, 2.05) is 0 Å². The van der Waals surface area contributed by atoms with E-state index in [1.165, 1.54) is 20.4 Å². The minimum absolute atomic E-state index is 0.0543. The first-order valence-corrected chi connectivity index (χ1v) is 5.85. The van der Waals surface area contributed by atoms with Gasteiger partial charge in [0.05, 0.1) is 25.1 Å². The van der Waals surface area contributed by atoms with Crippen LogP contribution in [0.25, 0.3) is 10.9 Å². The van der Waals surface area contributed by atoms with Crippen LogP contribution in [0.4, 0.5) is 0 Å². The normalized spacial score (nSPS) is 10.4. The van der Waals surface area contributed by atoms with Gasteiger partial charge in [0.2, 0.25) is 5.43 Å². The second kappa shape index (κ2) is 4.81. The smallest absolute Gasteiger partial charge is 0.343 e. The van der Waals surface area contributed by atoms with Crippen LogP contribution in [0.15, 0.2) is 27.6 Å². The summed E-state index contributed by atoms with van der Waals surface area (Å²) in [5.74, 6) is -0.277. The van der Waals surface area contributed by atoms with Crippen molar-refractivity contribution in [3.8, 4) is 5.75 Å². The molecule has 2 aromatic rings. The minimum Gasteiger partial charge on any atom is -0.496 e. The number of pyridine rings is 1. The quantitative estimate of drug-likeness (QED) is 0.862. The largest absolute Gasteiger partial charge is 0.496 e. The molecule has 0 aliphatic rings. The lowest BCUT2D eigenvalue weighted by molar-refractivity contribution is 0.0599. The SMILES string of the molecule is COC(=O)c1c[nH]c2c(Br)ccc(OC)c2c1=O. The highest BCUT2D eigenvalue weighted by Crippen LogP contribution is 2.27. The van der Waals surface area contributed by atoms with E-state index in [1.54, 1.807) is 12.1 Å². The van der Waals surface area contributed by atoms with Gasteiger partial charge >= 0.3 is 5.97 Å². The average Bonchev–Trinajstić information content (AvgIpc) is 2.39. The second-order valence-electron chi connectivity index (χ2n) is 3.52. The summed E-state index contributed by atoms with van der Waals surface area (Å²) in [5, 5.41) is 0.315. The maximum atomic E-state index is 12.2. The fourth-order valence-electron chi connectivity index (χ4n) is 1.70. The summed E-state index contributed by atoms with van der Waals surface area (Å²) in [7, 11) is 2.69. The Balaban J connectivity index is 2.89. The van der Waals surface area contributed by atoms with Crippen LogP contribution < -0.4 is 10.2 Å². The molecule has 2 rings (SSSR count). The third-order valence-electron chi connectivity index (χ3n) is 2.57. The molecule has 0 atom stereocenters. The van der Waals surface area contributed by atoms with Crippen LogP contribution in [0.1, 0.15) is 10.4 Å². The molecule has 6 heteroatoms. The Hall–Kier alpha value is -1.82. The van der Waals surface area contributed by atoms with Crippen LogP contribution in [0.3, 0.4) is 0 Å². The number of nitrogens with one attached hydrogen (secondary N) is 1. The van der Waals surface area contributed by atoms with E-state index in [0.717, 1.165) is 0 Å². The van der Waals surface area contributed by atoms with Crippen LogP contribution >= 0.6 is 15.9 Å². The van der Waals surface area contributed by atoms with Gasteiger partial charge in [0, 0.05) is 10.7 Å². The molecule has 0 spiro atoms. The van der Waals surface area contributed by atoms with Gasteiger partial charge in [0.25, 0.3) is 0 Å². The monoisotopic (exact) mass is 311 g/mol. The minimum atomic E-state index is -0.680. The van der Waals surface area contributed by atoms with E-state index in [2.05, 4.69) is 25.7 Å². The molecule has 0 radical (unpaired) electrons. The molecule has 94 valence electrons. The molecular formula is C12H10BrNO4. The Morgan fingerprint density at radius 2 is 2.06 bits per heavy atom. The van der Waals surface area contributed by atoms with Crippen molar-refractivity contribution < 1.29 is 14.3 Å². The van der Waals surface area contributed by atoms with Crippen molar-refractivity contribution in [1.82, 2.24) is 4.98 Å². The van der Waals surface area contributed by atoms with Gasteiger partial charge in [-0.25, -0.2) is 4.79 Å². The number of esters is 1. The Morgan fingerprint density at radius 3 is 2.67 bits per heavy atom. The number of carbonyl (C=O) groups is 1. The molecule has 0 saturated heterocycles. The van der Waals surface area contributed by atoms with Crippen LogP contribution in [0, 0.1) is 0 Å². The molecule has 0 fully saturated rings. The number of hydrogen-bond donors (Lipinski definition) is 1. The molecule has 0 bridgehead atoms. The highest BCUT2D eigenvalue weighted by molar-refractivity contribution is 9.10. The summed E-state index contributed by atoms with van der Waals surface area (Å²) in [5.41, 5.74) is 0.0992. The Kier molecular flexibility index (Phi) is 3.38. The lowest BCUT2D eigenvalue weighted by Gasteiger charge is -2.07. The van der Waals surface area contributed by atoms with Gasteiger partial charge in [-0.05, 0) is 28.1 Å². The summed E-state index contributed by atoms with van der Waals surface area (Å²) >= 11 is 3.33. The number of ether oxygens (including phenoxy) is 2. The first kappa shape index (κ1) is 12.6. The molecule has 5 nitrogen and oxygen atoms in total. The summed E-state index contributed by atoms with van der Waals surface area (Å²) in [4.78, 5) is 26.6. The highest BCUT2D eigenvalue weighted by Gasteiger charge is 2.17. The van der Waals surface area contributed by atoms with Crippen molar-refractivity contribution in [2.75, 3.05) is 14.2 Å². The van der Waals surface area contributed by atoms with E-state index in [4.69, 9.17) is 4.74 Å². The Labute approximate surface area is 111 Å². The number of fused-ring (bicyclic) bond motifs is 1. The van der Waals surface area contributed by atoms with Gasteiger partial charge in [0.1, 0.15) is 11.3 Å². The predicted octanol–water partition coefficient (Wildman–Crippen LogP) is 2.09. The molecular weight excluding hydrogens is 302 g/mol. The number of rotatable bonds is 2. The maximum Gasteiger partial charge on any atom is 0.343 e. The topological polar surface area (TPSA) is 68.4 Å². The Bertz CT molecular complexity index is 678. The molecule has 0 amide bonds. The standard InChI is InChI=1S/C12H10BrNO4/c1-17-8-4-3-7(13)10-9(8)11(15)6(5-14-10)12(16)18-2/h3-5H,1-2H3,(H,14,15). The van der Waals surface area contributed by atoms with Crippen LogP contribution in [-0.2, 0) is 4.74 Å². The number of aromatic nitrogens is 1. The number of H-pyrrole nitrogens is 1. The molecule has 18 heavy (non-hydrogen) atoms. The number of aromatic amines is 1. The fraction of sp³-hybridized carbons (Fsp3) is 0.167. The molecule has 0 aliphatic heterocycles. The third-order valence-corrected chi connectivity index (χ3v) is 3.23. The number of carbonyl (C=O) groups excluding carboxylic acids is 1. The van der Waals surface area contributed by atoms with Crippen molar-refractivity contribution in [2.45, 2.75) is 0 Å². The summed E-state index contributed by atoms with van der Waals surface area (Å²) in [6.07, 6.45) is 1.33. The fourth-order valence-corrected chi connectivity index (χ4v) is 2.15. The van der Waals surface area contributed by atoms with E-state index >= 15 is 0 Å². The predicted molar refractivity (Wildman–Crippen MR) is 70.2 cm³/mol. The zero-order valence-corrected chi connectivity index (χ0v) is 11.3. The van der Waals surface area contributed by atoms with Crippen LogP contribution in [0.2, 0.25) is 0 Å². The number of methoxy groups -OCH3 is 2. The van der Waals surface area contributed by atoms with Gasteiger partial charge in [-0.3, -0.25) is 4.79 Å². The van der Waals surface area contributed by atoms with Gasteiger partial charge in [0.15, 0.2) is 0 Å². The van der Waals surface area contributed by atoms with Crippen molar-refractivity contribution in [2.24, 2.45) is 0 Å². The molecule has 0 saturated carbocycles. The summed E-state index contributed by atoms with van der Waals surface area (Å²) < 4.78 is 10.4. The van der Waals surface area contributed by atoms with Crippen LogP contribution in [-0.4, -0.2) is 25.2 Å². The molecule has 0 aliphatic carbocycles. The average molecular weight is 312 g/mol.